The monoisotopic (exact) mass is 246 g/mol. The molecule has 2 atom stereocenters. The molecule has 88 valence electrons. The average molecular weight is 246 g/mol. The van der Waals surface area contributed by atoms with Crippen molar-refractivity contribution >= 4 is 22.2 Å². The van der Waals surface area contributed by atoms with E-state index in [0.29, 0.717) is 0 Å². The molecule has 0 spiro atoms. The Labute approximate surface area is 94.3 Å². The minimum atomic E-state index is -1.35. The van der Waals surface area contributed by atoms with Gasteiger partial charge in [-0.2, -0.15) is 0 Å². The van der Waals surface area contributed by atoms with Gasteiger partial charge in [0.15, 0.2) is 0 Å². The second kappa shape index (κ2) is 5.01. The largest absolute Gasteiger partial charge is 0.389 e. The molecule has 8 heteroatoms. The van der Waals surface area contributed by atoms with Crippen LogP contribution in [-0.4, -0.2) is 27.1 Å². The molecule has 0 aromatic carbocycles. The Morgan fingerprint density at radius 3 is 2.62 bits per heavy atom. The number of nitrogens with two attached hydrogens (primary N) is 1. The van der Waals surface area contributed by atoms with Crippen LogP contribution in [0, 0.1) is 10.1 Å². The van der Waals surface area contributed by atoms with Crippen molar-refractivity contribution in [3.8, 4) is 0 Å². The number of aliphatic hydroxyl groups is 2. The number of nitrogens with zero attached hydrogens (tertiary/aromatic N) is 1. The highest BCUT2D eigenvalue weighted by molar-refractivity contribution is 7.15. The summed E-state index contributed by atoms with van der Waals surface area (Å²) in [6, 6.07) is 2.55. The highest BCUT2D eigenvalue weighted by atomic mass is 32.1. The zero-order valence-electron chi connectivity index (χ0n) is 8.07. The molecule has 0 radical (unpaired) electrons. The van der Waals surface area contributed by atoms with Crippen molar-refractivity contribution in [2.45, 2.75) is 18.6 Å². The quantitative estimate of drug-likeness (QED) is 0.495. The van der Waals surface area contributed by atoms with Gasteiger partial charge >= 0.3 is 5.00 Å². The maximum Gasteiger partial charge on any atom is 0.324 e. The van der Waals surface area contributed by atoms with Crippen LogP contribution in [0.3, 0.4) is 0 Å². The molecular weight excluding hydrogens is 236 g/mol. The molecule has 0 aliphatic heterocycles. The fourth-order valence-electron chi connectivity index (χ4n) is 1.11. The predicted octanol–water partition coefficient (Wildman–Crippen LogP) is -0.0740. The van der Waals surface area contributed by atoms with Crippen LogP contribution in [0.2, 0.25) is 0 Å². The zero-order chi connectivity index (χ0) is 12.3. The second-order valence-electron chi connectivity index (χ2n) is 3.12. The number of hydrogen-bond donors (Lipinski definition) is 3. The van der Waals surface area contributed by atoms with Crippen molar-refractivity contribution in [1.29, 1.82) is 0 Å². The Bertz CT molecular complexity index is 405. The first-order valence-electron chi connectivity index (χ1n) is 4.30. The Hall–Kier alpha value is -1.51. The number of thiophene rings is 1. The Morgan fingerprint density at radius 2 is 2.19 bits per heavy atom. The number of primary amides is 1. The number of aliphatic hydroxyl groups excluding tert-OH is 2. The minimum absolute atomic E-state index is 0.139. The van der Waals surface area contributed by atoms with Crippen molar-refractivity contribution in [2.24, 2.45) is 5.73 Å². The lowest BCUT2D eigenvalue weighted by atomic mass is 10.1. The van der Waals surface area contributed by atoms with Gasteiger partial charge in [-0.3, -0.25) is 14.9 Å². The smallest absolute Gasteiger partial charge is 0.324 e. The Kier molecular flexibility index (Phi) is 3.93. The van der Waals surface area contributed by atoms with Crippen LogP contribution in [0.15, 0.2) is 12.1 Å². The molecule has 0 fully saturated rings. The third kappa shape index (κ3) is 2.99. The molecule has 1 rings (SSSR count). The van der Waals surface area contributed by atoms with Gasteiger partial charge in [0.2, 0.25) is 5.91 Å². The van der Waals surface area contributed by atoms with Crippen molar-refractivity contribution in [3.05, 3.63) is 27.1 Å². The van der Waals surface area contributed by atoms with Crippen molar-refractivity contribution in [3.63, 3.8) is 0 Å². The summed E-state index contributed by atoms with van der Waals surface area (Å²) >= 11 is 0.743. The summed E-state index contributed by atoms with van der Waals surface area (Å²) in [5.74, 6) is -0.752. The van der Waals surface area contributed by atoms with Gasteiger partial charge in [-0.15, -0.1) is 0 Å². The standard InChI is InChI=1S/C8H10N2O5S/c9-6(12)3-4(11)8(13)5-1-2-7(16-5)10(14)15/h1-2,4,8,11,13H,3H2,(H2,9,12). The molecular formula is C8H10N2O5S. The first-order chi connectivity index (χ1) is 7.41. The van der Waals surface area contributed by atoms with E-state index in [2.05, 4.69) is 0 Å². The van der Waals surface area contributed by atoms with E-state index in [1.165, 1.54) is 12.1 Å². The number of nitro groups is 1. The number of carbonyl (C=O) groups is 1. The molecule has 1 aromatic heterocycles. The van der Waals surface area contributed by atoms with E-state index < -0.39 is 29.5 Å². The fourth-order valence-corrected chi connectivity index (χ4v) is 1.97. The first-order valence-corrected chi connectivity index (χ1v) is 5.12. The van der Waals surface area contributed by atoms with Crippen LogP contribution in [0.4, 0.5) is 5.00 Å². The molecule has 0 saturated carbocycles. The van der Waals surface area contributed by atoms with Gasteiger partial charge in [0, 0.05) is 10.9 Å². The molecule has 1 heterocycles. The number of amides is 1. The van der Waals surface area contributed by atoms with Crippen molar-refractivity contribution < 1.29 is 19.9 Å². The van der Waals surface area contributed by atoms with Gasteiger partial charge in [0.1, 0.15) is 6.10 Å². The molecule has 16 heavy (non-hydrogen) atoms. The van der Waals surface area contributed by atoms with Gasteiger partial charge in [-0.1, -0.05) is 11.3 Å². The first kappa shape index (κ1) is 12.6. The molecule has 4 N–H and O–H groups in total. The van der Waals surface area contributed by atoms with Crippen LogP contribution in [-0.2, 0) is 4.79 Å². The van der Waals surface area contributed by atoms with Crippen molar-refractivity contribution in [2.75, 3.05) is 0 Å². The van der Waals surface area contributed by atoms with Crippen molar-refractivity contribution in [1.82, 2.24) is 0 Å². The van der Waals surface area contributed by atoms with E-state index in [1.54, 1.807) is 0 Å². The maximum atomic E-state index is 10.5. The lowest BCUT2D eigenvalue weighted by Gasteiger charge is -2.14. The highest BCUT2D eigenvalue weighted by Crippen LogP contribution is 2.30. The third-order valence-electron chi connectivity index (χ3n) is 1.86. The normalized spacial score (nSPS) is 14.4. The van der Waals surface area contributed by atoms with E-state index >= 15 is 0 Å². The number of hydrogen-bond acceptors (Lipinski definition) is 6. The molecule has 0 aliphatic carbocycles. The molecule has 7 nitrogen and oxygen atoms in total. The summed E-state index contributed by atoms with van der Waals surface area (Å²) in [4.78, 5) is 20.5. The maximum absolute atomic E-state index is 10.5. The summed E-state index contributed by atoms with van der Waals surface area (Å²) < 4.78 is 0. The highest BCUT2D eigenvalue weighted by Gasteiger charge is 2.23. The minimum Gasteiger partial charge on any atom is -0.389 e. The average Bonchev–Trinajstić information content (AvgIpc) is 2.64. The number of carbonyl (C=O) groups excluding carboxylic acids is 1. The molecule has 0 aliphatic rings. The zero-order valence-corrected chi connectivity index (χ0v) is 8.88. The molecule has 1 amide bonds. The molecule has 2 unspecified atom stereocenters. The van der Waals surface area contributed by atoms with Crippen LogP contribution in [0.25, 0.3) is 0 Å². The predicted molar refractivity (Wildman–Crippen MR) is 55.8 cm³/mol. The van der Waals surface area contributed by atoms with E-state index in [4.69, 9.17) is 5.73 Å². The van der Waals surface area contributed by atoms with E-state index in [0.717, 1.165) is 11.3 Å². The number of rotatable bonds is 5. The van der Waals surface area contributed by atoms with Crippen LogP contribution < -0.4 is 5.73 Å². The molecule has 1 aromatic rings. The molecule has 0 saturated heterocycles. The summed E-state index contributed by atoms with van der Waals surface area (Å²) in [5, 5.41) is 29.2. The summed E-state index contributed by atoms with van der Waals surface area (Å²) in [7, 11) is 0. The summed E-state index contributed by atoms with van der Waals surface area (Å²) in [6.45, 7) is 0. The van der Waals surface area contributed by atoms with Gasteiger partial charge in [-0.25, -0.2) is 0 Å². The fraction of sp³-hybridized carbons (Fsp3) is 0.375. The van der Waals surface area contributed by atoms with E-state index in [9.17, 15) is 25.1 Å². The Balaban J connectivity index is 2.75. The van der Waals surface area contributed by atoms with Crippen LogP contribution in [0.1, 0.15) is 17.4 Å². The third-order valence-corrected chi connectivity index (χ3v) is 2.97. The lowest BCUT2D eigenvalue weighted by Crippen LogP contribution is -2.25. The van der Waals surface area contributed by atoms with Gasteiger partial charge in [-0.05, 0) is 6.07 Å². The van der Waals surface area contributed by atoms with E-state index in [1.807, 2.05) is 0 Å². The van der Waals surface area contributed by atoms with Crippen LogP contribution in [0.5, 0.6) is 0 Å². The Morgan fingerprint density at radius 1 is 1.56 bits per heavy atom. The molecule has 0 bridgehead atoms. The topological polar surface area (TPSA) is 127 Å². The SMILES string of the molecule is NC(=O)CC(O)C(O)c1ccc([N+](=O)[O-])s1. The lowest BCUT2D eigenvalue weighted by molar-refractivity contribution is -0.380. The summed E-state index contributed by atoms with van der Waals surface area (Å²) in [5.41, 5.74) is 4.85. The second-order valence-corrected chi connectivity index (χ2v) is 4.21. The van der Waals surface area contributed by atoms with E-state index in [-0.39, 0.29) is 9.88 Å². The van der Waals surface area contributed by atoms with Gasteiger partial charge in [0.25, 0.3) is 0 Å². The van der Waals surface area contributed by atoms with Crippen LogP contribution >= 0.6 is 11.3 Å². The van der Waals surface area contributed by atoms with Gasteiger partial charge < -0.3 is 15.9 Å². The summed E-state index contributed by atoms with van der Waals surface area (Å²) in [6.07, 6.45) is -3.09. The van der Waals surface area contributed by atoms with Gasteiger partial charge in [0.05, 0.1) is 17.4 Å².